The molecule has 2 aromatic heterocycles. The second-order valence-electron chi connectivity index (χ2n) is 4.93. The Morgan fingerprint density at radius 2 is 2.22 bits per heavy atom. The van der Waals surface area contributed by atoms with E-state index in [4.69, 9.17) is 25.5 Å². The van der Waals surface area contributed by atoms with Crippen molar-refractivity contribution in [3.63, 3.8) is 0 Å². The van der Waals surface area contributed by atoms with E-state index >= 15 is 0 Å². The molecule has 1 aromatic carbocycles. The van der Waals surface area contributed by atoms with Crippen LogP contribution in [-0.4, -0.2) is 11.8 Å². The summed E-state index contributed by atoms with van der Waals surface area (Å²) in [5.41, 5.74) is 2.17. The lowest BCUT2D eigenvalue weighted by atomic mass is 10.2. The van der Waals surface area contributed by atoms with Gasteiger partial charge in [0.1, 0.15) is 0 Å². The van der Waals surface area contributed by atoms with E-state index in [0.29, 0.717) is 10.8 Å². The number of ether oxygens (including phenoxy) is 2. The molecule has 3 heterocycles. The normalized spacial score (nSPS) is 12.7. The summed E-state index contributed by atoms with van der Waals surface area (Å²) in [6.45, 7) is 0.236. The summed E-state index contributed by atoms with van der Waals surface area (Å²) >= 11 is 9.57. The van der Waals surface area contributed by atoms with Gasteiger partial charge in [0.25, 0.3) is 0 Å². The van der Waals surface area contributed by atoms with Crippen LogP contribution in [0.15, 0.2) is 40.3 Å². The van der Waals surface area contributed by atoms with Crippen molar-refractivity contribution in [2.45, 2.75) is 11.5 Å². The summed E-state index contributed by atoms with van der Waals surface area (Å²) in [5, 5.41) is 3.58. The van der Waals surface area contributed by atoms with Gasteiger partial charge in [-0.2, -0.15) is 11.8 Å². The Morgan fingerprint density at radius 3 is 3.09 bits per heavy atom. The van der Waals surface area contributed by atoms with Crippen molar-refractivity contribution in [2.75, 3.05) is 6.79 Å². The Hall–Kier alpha value is -1.63. The third-order valence-corrected chi connectivity index (χ3v) is 5.51. The smallest absolute Gasteiger partial charge is 0.231 e. The largest absolute Gasteiger partial charge is 0.462 e. The highest BCUT2D eigenvalue weighted by Gasteiger charge is 2.18. The second-order valence-corrected chi connectivity index (χ2v) is 7.18. The molecule has 0 unspecified atom stereocenters. The Morgan fingerprint density at radius 1 is 1.26 bits per heavy atom. The van der Waals surface area contributed by atoms with Crippen LogP contribution in [0.4, 0.5) is 0 Å². The highest BCUT2D eigenvalue weighted by Crippen LogP contribution is 2.40. The van der Waals surface area contributed by atoms with E-state index in [1.807, 2.05) is 24.3 Å². The van der Waals surface area contributed by atoms with Crippen LogP contribution in [0.1, 0.15) is 11.3 Å². The molecule has 0 saturated heterocycles. The van der Waals surface area contributed by atoms with Crippen molar-refractivity contribution in [3.8, 4) is 22.3 Å². The van der Waals surface area contributed by atoms with Crippen LogP contribution in [0.2, 0.25) is 5.02 Å². The molecule has 0 atom stereocenters. The quantitative estimate of drug-likeness (QED) is 0.620. The number of halogens is 1. The van der Waals surface area contributed by atoms with Crippen molar-refractivity contribution in [1.82, 2.24) is 4.98 Å². The minimum absolute atomic E-state index is 0.236. The summed E-state index contributed by atoms with van der Waals surface area (Å²) in [6.07, 6.45) is 1.66. The van der Waals surface area contributed by atoms with E-state index in [2.05, 4.69) is 10.4 Å². The number of nitrogens with zero attached hydrogens (tertiary/aromatic N) is 1. The highest BCUT2D eigenvalue weighted by atomic mass is 35.5. The fourth-order valence-electron chi connectivity index (χ4n) is 2.26. The van der Waals surface area contributed by atoms with E-state index < -0.39 is 0 Å². The van der Waals surface area contributed by atoms with Crippen LogP contribution in [-0.2, 0) is 11.5 Å². The Bertz CT molecular complexity index is 817. The van der Waals surface area contributed by atoms with Gasteiger partial charge in [-0.3, -0.25) is 0 Å². The van der Waals surface area contributed by atoms with Gasteiger partial charge in [-0.05, 0) is 29.8 Å². The van der Waals surface area contributed by atoms with Crippen molar-refractivity contribution >= 4 is 34.7 Å². The molecule has 0 N–H and O–H groups in total. The number of furan rings is 1. The minimum atomic E-state index is 0.236. The molecule has 0 spiro atoms. The molecule has 0 aliphatic carbocycles. The number of rotatable bonds is 5. The van der Waals surface area contributed by atoms with Crippen LogP contribution in [0.25, 0.3) is 10.8 Å². The minimum Gasteiger partial charge on any atom is -0.462 e. The zero-order valence-corrected chi connectivity index (χ0v) is 14.3. The molecular weight excluding hydrogens is 354 g/mol. The maximum absolute atomic E-state index is 6.20. The van der Waals surface area contributed by atoms with E-state index in [-0.39, 0.29) is 6.79 Å². The lowest BCUT2D eigenvalue weighted by Crippen LogP contribution is -1.93. The van der Waals surface area contributed by atoms with Gasteiger partial charge in [0.05, 0.1) is 17.0 Å². The molecule has 0 bridgehead atoms. The molecule has 0 radical (unpaired) electrons. The van der Waals surface area contributed by atoms with Crippen molar-refractivity contribution in [3.05, 3.63) is 52.2 Å². The topological polar surface area (TPSA) is 44.5 Å². The first-order valence-corrected chi connectivity index (χ1v) is 9.35. The Balaban J connectivity index is 1.38. The van der Waals surface area contributed by atoms with Crippen molar-refractivity contribution in [2.24, 2.45) is 0 Å². The average Bonchev–Trinajstić information content (AvgIpc) is 3.28. The van der Waals surface area contributed by atoms with Gasteiger partial charge in [-0.15, -0.1) is 11.3 Å². The predicted molar refractivity (Wildman–Crippen MR) is 92.4 cm³/mol. The van der Waals surface area contributed by atoms with E-state index in [9.17, 15) is 0 Å². The van der Waals surface area contributed by atoms with Gasteiger partial charge in [-0.25, -0.2) is 4.98 Å². The molecule has 0 fully saturated rings. The predicted octanol–water partition coefficient (Wildman–Crippen LogP) is 5.22. The zero-order chi connectivity index (χ0) is 15.6. The first kappa shape index (κ1) is 14.9. The molecule has 23 heavy (non-hydrogen) atoms. The number of thioether (sulfide) groups is 1. The molecule has 1 aliphatic rings. The zero-order valence-electron chi connectivity index (χ0n) is 12.0. The Labute approximate surface area is 146 Å². The standard InChI is InChI=1S/C16H12ClNO3S2/c17-12-4-10(5-14-15(12)21-9-20-14)6-22-7-11-8-23-16(18-11)13-2-1-3-19-13/h1-5,8H,6-7,9H2. The van der Waals surface area contributed by atoms with Crippen LogP contribution < -0.4 is 9.47 Å². The molecule has 0 saturated carbocycles. The lowest BCUT2D eigenvalue weighted by Gasteiger charge is -2.04. The first-order valence-electron chi connectivity index (χ1n) is 6.93. The molecule has 4 nitrogen and oxygen atoms in total. The number of hydrogen-bond donors (Lipinski definition) is 0. The molecule has 3 aromatic rings. The van der Waals surface area contributed by atoms with E-state index in [1.54, 1.807) is 29.4 Å². The van der Waals surface area contributed by atoms with Gasteiger partial charge >= 0.3 is 0 Å². The molecule has 7 heteroatoms. The van der Waals surface area contributed by atoms with Crippen LogP contribution in [0.3, 0.4) is 0 Å². The number of hydrogen-bond acceptors (Lipinski definition) is 6. The summed E-state index contributed by atoms with van der Waals surface area (Å²) in [7, 11) is 0. The Kier molecular flexibility index (Phi) is 4.20. The maximum atomic E-state index is 6.20. The highest BCUT2D eigenvalue weighted by molar-refractivity contribution is 7.97. The van der Waals surface area contributed by atoms with Crippen molar-refractivity contribution < 1.29 is 13.9 Å². The maximum Gasteiger partial charge on any atom is 0.231 e. The van der Waals surface area contributed by atoms with Gasteiger partial charge in [0.15, 0.2) is 22.3 Å². The van der Waals surface area contributed by atoms with Gasteiger partial charge in [0, 0.05) is 16.9 Å². The molecule has 1 aliphatic heterocycles. The summed E-state index contributed by atoms with van der Waals surface area (Å²) in [6, 6.07) is 7.70. The van der Waals surface area contributed by atoms with Gasteiger partial charge in [-0.1, -0.05) is 11.6 Å². The molecule has 0 amide bonds. The van der Waals surface area contributed by atoms with Crippen LogP contribution >= 0.6 is 34.7 Å². The molecule has 118 valence electrons. The third-order valence-electron chi connectivity index (χ3n) is 3.29. The average molecular weight is 366 g/mol. The first-order chi connectivity index (χ1) is 11.3. The molecule has 4 rings (SSSR count). The fourth-order valence-corrected chi connectivity index (χ4v) is 4.30. The summed E-state index contributed by atoms with van der Waals surface area (Å²) in [4.78, 5) is 4.59. The van der Waals surface area contributed by atoms with Crippen LogP contribution in [0.5, 0.6) is 11.5 Å². The summed E-state index contributed by atoms with van der Waals surface area (Å²) in [5.74, 6) is 3.85. The van der Waals surface area contributed by atoms with Gasteiger partial charge in [0.2, 0.25) is 6.79 Å². The second kappa shape index (κ2) is 6.47. The monoisotopic (exact) mass is 365 g/mol. The van der Waals surface area contributed by atoms with Crippen LogP contribution in [0, 0.1) is 0 Å². The van der Waals surface area contributed by atoms with E-state index in [1.165, 1.54) is 0 Å². The van der Waals surface area contributed by atoms with Gasteiger partial charge < -0.3 is 13.9 Å². The van der Waals surface area contributed by atoms with E-state index in [0.717, 1.165) is 39.3 Å². The SMILES string of the molecule is Clc1cc(CSCc2csc(-c3ccco3)n2)cc2c1OCO2. The number of benzene rings is 1. The lowest BCUT2D eigenvalue weighted by molar-refractivity contribution is 0.174. The summed E-state index contributed by atoms with van der Waals surface area (Å²) < 4.78 is 16.1. The molecular formula is C16H12ClNO3S2. The third kappa shape index (κ3) is 3.20. The number of fused-ring (bicyclic) bond motifs is 1. The van der Waals surface area contributed by atoms with Crippen molar-refractivity contribution in [1.29, 1.82) is 0 Å². The fraction of sp³-hybridized carbons (Fsp3) is 0.188. The number of thiazole rings is 1. The number of aromatic nitrogens is 1.